The maximum absolute atomic E-state index is 12.4. The number of carbonyl (C=O) groups excluding carboxylic acids is 2. The van der Waals surface area contributed by atoms with Crippen LogP contribution in [0.1, 0.15) is 6.42 Å². The number of ether oxygens (including phenoxy) is 2. The Morgan fingerprint density at radius 1 is 1.14 bits per heavy atom. The van der Waals surface area contributed by atoms with Crippen molar-refractivity contribution in [1.29, 1.82) is 0 Å². The molecule has 0 aromatic heterocycles. The molecule has 0 spiro atoms. The summed E-state index contributed by atoms with van der Waals surface area (Å²) in [6.45, 7) is 0.338. The molecule has 3 rings (SSSR count). The fraction of sp³-hybridized carbons (Fsp3) is 0.263. The van der Waals surface area contributed by atoms with Crippen LogP contribution in [0.4, 0.5) is 16.2 Å². The first kappa shape index (κ1) is 20.1. The Morgan fingerprint density at radius 2 is 1.89 bits per heavy atom. The maximum Gasteiger partial charge on any atom is 0.319 e. The van der Waals surface area contributed by atoms with Crippen molar-refractivity contribution in [3.8, 4) is 11.5 Å². The molecule has 28 heavy (non-hydrogen) atoms. The molecule has 3 amide bonds. The number of amides is 3. The molecule has 0 bridgehead atoms. The molecule has 0 radical (unpaired) electrons. The van der Waals surface area contributed by atoms with Gasteiger partial charge < -0.3 is 25.0 Å². The lowest BCUT2D eigenvalue weighted by molar-refractivity contribution is -0.117. The summed E-state index contributed by atoms with van der Waals surface area (Å²) in [4.78, 5) is 26.3. The Hall–Kier alpha value is -2.64. The molecule has 2 aromatic carbocycles. The van der Waals surface area contributed by atoms with E-state index in [-0.39, 0.29) is 23.4 Å². The Bertz CT molecular complexity index is 907. The number of anilines is 2. The summed E-state index contributed by atoms with van der Waals surface area (Å²) < 4.78 is 10.5. The normalized spacial score (nSPS) is 16.1. The largest absolute Gasteiger partial charge is 0.493 e. The number of hydrogen-bond donors (Lipinski definition) is 2. The third kappa shape index (κ3) is 4.26. The van der Waals surface area contributed by atoms with Crippen LogP contribution in [0.3, 0.4) is 0 Å². The van der Waals surface area contributed by atoms with E-state index < -0.39 is 6.03 Å². The first-order valence-corrected chi connectivity index (χ1v) is 9.22. The molecule has 1 atom stereocenters. The van der Waals surface area contributed by atoms with E-state index in [9.17, 15) is 9.59 Å². The number of rotatable bonds is 5. The standard InChI is InChI=1S/C19H19Cl2N3O4/c1-27-15-7-6-12(9-16(15)28-2)24-10-11(8-17(24)25)22-19(26)23-14-5-3-4-13(20)18(14)21/h3-7,9,11H,8,10H2,1-2H3,(H2,22,23,26). The molecule has 0 aliphatic carbocycles. The second-order valence-electron chi connectivity index (χ2n) is 6.14. The predicted molar refractivity (Wildman–Crippen MR) is 109 cm³/mol. The minimum absolute atomic E-state index is 0.0988. The molecule has 1 aliphatic rings. The van der Waals surface area contributed by atoms with Gasteiger partial charge in [0.25, 0.3) is 0 Å². The van der Waals surface area contributed by atoms with Gasteiger partial charge in [-0.2, -0.15) is 0 Å². The lowest BCUT2D eigenvalue weighted by atomic mass is 10.2. The minimum atomic E-state index is -0.462. The van der Waals surface area contributed by atoms with Crippen LogP contribution in [-0.2, 0) is 4.79 Å². The summed E-state index contributed by atoms with van der Waals surface area (Å²) in [6, 6.07) is 9.37. The van der Waals surface area contributed by atoms with Crippen molar-refractivity contribution in [2.24, 2.45) is 0 Å². The molecule has 1 heterocycles. The second-order valence-corrected chi connectivity index (χ2v) is 6.93. The van der Waals surface area contributed by atoms with Gasteiger partial charge >= 0.3 is 6.03 Å². The highest BCUT2D eigenvalue weighted by Crippen LogP contribution is 2.33. The number of benzene rings is 2. The monoisotopic (exact) mass is 423 g/mol. The van der Waals surface area contributed by atoms with E-state index in [2.05, 4.69) is 10.6 Å². The molecule has 1 fully saturated rings. The van der Waals surface area contributed by atoms with E-state index in [1.165, 1.54) is 7.11 Å². The first-order valence-electron chi connectivity index (χ1n) is 8.47. The average Bonchev–Trinajstić information content (AvgIpc) is 3.04. The lowest BCUT2D eigenvalue weighted by Gasteiger charge is -2.19. The summed E-state index contributed by atoms with van der Waals surface area (Å²) in [5, 5.41) is 6.03. The maximum atomic E-state index is 12.4. The fourth-order valence-electron chi connectivity index (χ4n) is 2.99. The van der Waals surface area contributed by atoms with Crippen molar-refractivity contribution in [3.05, 3.63) is 46.4 Å². The van der Waals surface area contributed by atoms with Crippen LogP contribution < -0.4 is 25.0 Å². The molecule has 148 valence electrons. The minimum Gasteiger partial charge on any atom is -0.493 e. The summed E-state index contributed by atoms with van der Waals surface area (Å²) >= 11 is 12.0. The third-order valence-corrected chi connectivity index (χ3v) is 5.16. The van der Waals surface area contributed by atoms with Crippen molar-refractivity contribution in [2.45, 2.75) is 12.5 Å². The Morgan fingerprint density at radius 3 is 2.61 bits per heavy atom. The highest BCUT2D eigenvalue weighted by atomic mass is 35.5. The van der Waals surface area contributed by atoms with E-state index in [1.807, 2.05) is 0 Å². The molecule has 1 saturated heterocycles. The fourth-order valence-corrected chi connectivity index (χ4v) is 3.34. The van der Waals surface area contributed by atoms with Gasteiger partial charge in [-0.1, -0.05) is 29.3 Å². The molecule has 1 aliphatic heterocycles. The van der Waals surface area contributed by atoms with Gasteiger partial charge in [0.15, 0.2) is 11.5 Å². The van der Waals surface area contributed by atoms with Crippen molar-refractivity contribution < 1.29 is 19.1 Å². The van der Waals surface area contributed by atoms with Crippen LogP contribution in [0.2, 0.25) is 10.0 Å². The zero-order valence-electron chi connectivity index (χ0n) is 15.3. The highest BCUT2D eigenvalue weighted by Gasteiger charge is 2.32. The summed E-state index contributed by atoms with van der Waals surface area (Å²) in [7, 11) is 3.08. The Balaban J connectivity index is 1.66. The molecule has 7 nitrogen and oxygen atoms in total. The molecule has 1 unspecified atom stereocenters. The van der Waals surface area contributed by atoms with Gasteiger partial charge in [0, 0.05) is 24.7 Å². The third-order valence-electron chi connectivity index (χ3n) is 4.34. The van der Waals surface area contributed by atoms with Gasteiger partial charge in [-0.05, 0) is 24.3 Å². The second kappa shape index (κ2) is 8.58. The van der Waals surface area contributed by atoms with Gasteiger partial charge in [0.1, 0.15) is 0 Å². The van der Waals surface area contributed by atoms with Crippen LogP contribution >= 0.6 is 23.2 Å². The Labute approximate surface area is 172 Å². The number of carbonyl (C=O) groups is 2. The summed E-state index contributed by atoms with van der Waals surface area (Å²) in [5.41, 5.74) is 1.07. The number of nitrogens with zero attached hydrogens (tertiary/aromatic N) is 1. The van der Waals surface area contributed by atoms with Gasteiger partial charge in [0.2, 0.25) is 5.91 Å². The van der Waals surface area contributed by atoms with Gasteiger partial charge in [0.05, 0.1) is 36.0 Å². The van der Waals surface area contributed by atoms with E-state index >= 15 is 0 Å². The first-order chi connectivity index (χ1) is 13.4. The number of halogens is 2. The van der Waals surface area contributed by atoms with Crippen molar-refractivity contribution in [3.63, 3.8) is 0 Å². The van der Waals surface area contributed by atoms with Crippen LogP contribution in [0.5, 0.6) is 11.5 Å². The van der Waals surface area contributed by atoms with Gasteiger partial charge in [-0.3, -0.25) is 4.79 Å². The molecule has 0 saturated carbocycles. The molecule has 9 heteroatoms. The van der Waals surface area contributed by atoms with E-state index in [0.29, 0.717) is 34.4 Å². The quantitative estimate of drug-likeness (QED) is 0.762. The van der Waals surface area contributed by atoms with Crippen molar-refractivity contribution in [2.75, 3.05) is 31.0 Å². The Kier molecular flexibility index (Phi) is 6.16. The van der Waals surface area contributed by atoms with Crippen molar-refractivity contribution >= 4 is 46.5 Å². The van der Waals surface area contributed by atoms with Crippen molar-refractivity contribution in [1.82, 2.24) is 5.32 Å². The van der Waals surface area contributed by atoms with Crippen LogP contribution in [0.25, 0.3) is 0 Å². The zero-order chi connectivity index (χ0) is 20.3. The highest BCUT2D eigenvalue weighted by molar-refractivity contribution is 6.43. The van der Waals surface area contributed by atoms with Crippen LogP contribution in [-0.4, -0.2) is 38.7 Å². The van der Waals surface area contributed by atoms with Gasteiger partial charge in [-0.25, -0.2) is 4.79 Å². The number of urea groups is 1. The smallest absolute Gasteiger partial charge is 0.319 e. The molecular weight excluding hydrogens is 405 g/mol. The predicted octanol–water partition coefficient (Wildman–Crippen LogP) is 3.94. The van der Waals surface area contributed by atoms with E-state index in [4.69, 9.17) is 32.7 Å². The molecule has 2 aromatic rings. The summed E-state index contributed by atoms with van der Waals surface area (Å²) in [6.07, 6.45) is 0.186. The average molecular weight is 424 g/mol. The SMILES string of the molecule is COc1ccc(N2CC(NC(=O)Nc3cccc(Cl)c3Cl)CC2=O)cc1OC. The van der Waals surface area contributed by atoms with E-state index in [0.717, 1.165) is 0 Å². The molecule has 2 N–H and O–H groups in total. The van der Waals surface area contributed by atoms with Crippen LogP contribution in [0.15, 0.2) is 36.4 Å². The summed E-state index contributed by atoms with van der Waals surface area (Å²) in [5.74, 6) is 1.00. The number of hydrogen-bond acceptors (Lipinski definition) is 4. The molecular formula is C19H19Cl2N3O4. The van der Waals surface area contributed by atoms with E-state index in [1.54, 1.807) is 48.4 Å². The number of methoxy groups -OCH3 is 2. The lowest BCUT2D eigenvalue weighted by Crippen LogP contribution is -2.39. The van der Waals surface area contributed by atoms with Crippen LogP contribution in [0, 0.1) is 0 Å². The zero-order valence-corrected chi connectivity index (χ0v) is 16.8. The van der Waals surface area contributed by atoms with Gasteiger partial charge in [-0.15, -0.1) is 0 Å². The number of nitrogens with one attached hydrogen (secondary N) is 2. The topological polar surface area (TPSA) is 79.9 Å².